The molecule has 3 heteroatoms. The van der Waals surface area contributed by atoms with E-state index in [0.717, 1.165) is 6.42 Å². The Morgan fingerprint density at radius 2 is 1.38 bits per heavy atom. The SMILES string of the molecule is CCCCCCCCCCCCCCC=CC=CN=CCC(=O)O. The Bertz CT molecular complexity index is 359. The molecule has 3 nitrogen and oxygen atoms in total. The molecule has 0 aliphatic rings. The number of hydrogen-bond acceptors (Lipinski definition) is 2. The van der Waals surface area contributed by atoms with E-state index in [-0.39, 0.29) is 6.42 Å². The van der Waals surface area contributed by atoms with Crippen LogP contribution in [0.2, 0.25) is 0 Å². The maximum Gasteiger partial charge on any atom is 0.308 e. The number of carbonyl (C=O) groups is 1. The van der Waals surface area contributed by atoms with Crippen molar-refractivity contribution in [2.45, 2.75) is 96.8 Å². The van der Waals surface area contributed by atoms with Gasteiger partial charge in [-0.15, -0.1) is 0 Å². The average Bonchev–Trinajstić information content (AvgIpc) is 2.56. The zero-order valence-electron chi connectivity index (χ0n) is 15.6. The maximum atomic E-state index is 10.3. The van der Waals surface area contributed by atoms with Gasteiger partial charge in [0.2, 0.25) is 0 Å². The molecule has 0 amide bonds. The number of allylic oxidation sites excluding steroid dienone is 3. The van der Waals surface area contributed by atoms with E-state index < -0.39 is 5.97 Å². The van der Waals surface area contributed by atoms with E-state index >= 15 is 0 Å². The summed E-state index contributed by atoms with van der Waals surface area (Å²) in [5.41, 5.74) is 0. The van der Waals surface area contributed by atoms with Crippen LogP contribution in [0.25, 0.3) is 0 Å². The molecule has 138 valence electrons. The van der Waals surface area contributed by atoms with Crippen LogP contribution in [0, 0.1) is 0 Å². The van der Waals surface area contributed by atoms with Gasteiger partial charge in [0.25, 0.3) is 0 Å². The van der Waals surface area contributed by atoms with Crippen LogP contribution in [-0.2, 0) is 4.79 Å². The summed E-state index contributed by atoms with van der Waals surface area (Å²) < 4.78 is 0. The third kappa shape index (κ3) is 20.6. The molecule has 0 saturated heterocycles. The zero-order chi connectivity index (χ0) is 17.7. The Labute approximate surface area is 149 Å². The number of rotatable bonds is 17. The number of aliphatic carboxylic acids is 1. The van der Waals surface area contributed by atoms with Crippen molar-refractivity contribution in [1.82, 2.24) is 0 Å². The lowest BCUT2D eigenvalue weighted by molar-refractivity contribution is -0.135. The smallest absolute Gasteiger partial charge is 0.308 e. The highest BCUT2D eigenvalue weighted by atomic mass is 16.4. The van der Waals surface area contributed by atoms with Gasteiger partial charge in [0, 0.05) is 12.4 Å². The summed E-state index contributed by atoms with van der Waals surface area (Å²) in [5.74, 6) is -0.852. The van der Waals surface area contributed by atoms with Crippen molar-refractivity contribution in [3.8, 4) is 0 Å². The predicted octanol–water partition coefficient (Wildman–Crippen LogP) is 6.69. The number of unbranched alkanes of at least 4 members (excludes halogenated alkanes) is 12. The molecule has 0 aromatic heterocycles. The molecule has 0 saturated carbocycles. The third-order valence-electron chi connectivity index (χ3n) is 4.01. The van der Waals surface area contributed by atoms with Crippen LogP contribution in [0.3, 0.4) is 0 Å². The van der Waals surface area contributed by atoms with Crippen LogP contribution in [0.4, 0.5) is 0 Å². The van der Waals surface area contributed by atoms with Gasteiger partial charge in [0.1, 0.15) is 0 Å². The minimum absolute atomic E-state index is 0.0209. The monoisotopic (exact) mass is 335 g/mol. The van der Waals surface area contributed by atoms with Gasteiger partial charge in [-0.05, 0) is 18.9 Å². The van der Waals surface area contributed by atoms with Crippen molar-refractivity contribution < 1.29 is 9.90 Å². The van der Waals surface area contributed by atoms with E-state index in [1.807, 2.05) is 12.2 Å². The molecular formula is C21H37NO2. The molecular weight excluding hydrogens is 298 g/mol. The second kappa shape index (κ2) is 19.7. The standard InChI is InChI=1S/C21H37NO2/c1-2-3-4-5-6-7-8-9-10-11-12-13-14-15-16-17-19-22-20-18-21(23)24/h15-17,19-20H,2-14,18H2,1H3,(H,23,24). The zero-order valence-corrected chi connectivity index (χ0v) is 15.6. The normalized spacial score (nSPS) is 12.0. The molecule has 0 aromatic rings. The van der Waals surface area contributed by atoms with Gasteiger partial charge in [-0.1, -0.05) is 89.7 Å². The summed E-state index contributed by atoms with van der Waals surface area (Å²) in [6.07, 6.45) is 26.7. The lowest BCUT2D eigenvalue weighted by atomic mass is 10.0. The molecule has 0 rings (SSSR count). The van der Waals surface area contributed by atoms with Gasteiger partial charge < -0.3 is 5.11 Å². The van der Waals surface area contributed by atoms with Crippen LogP contribution < -0.4 is 0 Å². The fourth-order valence-electron chi connectivity index (χ4n) is 2.57. The van der Waals surface area contributed by atoms with Gasteiger partial charge in [-0.25, -0.2) is 0 Å². The molecule has 0 unspecified atom stereocenters. The topological polar surface area (TPSA) is 49.7 Å². The number of carboxylic acids is 1. The molecule has 24 heavy (non-hydrogen) atoms. The Morgan fingerprint density at radius 1 is 0.833 bits per heavy atom. The lowest BCUT2D eigenvalue weighted by Gasteiger charge is -2.02. The minimum atomic E-state index is -0.852. The van der Waals surface area contributed by atoms with E-state index in [1.165, 1.54) is 83.3 Å². The van der Waals surface area contributed by atoms with E-state index in [2.05, 4.69) is 18.0 Å². The van der Waals surface area contributed by atoms with E-state index in [9.17, 15) is 4.79 Å². The Morgan fingerprint density at radius 3 is 1.92 bits per heavy atom. The molecule has 0 radical (unpaired) electrons. The fraction of sp³-hybridized carbons (Fsp3) is 0.714. The minimum Gasteiger partial charge on any atom is -0.481 e. The highest BCUT2D eigenvalue weighted by Gasteiger charge is 1.92. The first-order valence-electron chi connectivity index (χ1n) is 9.82. The number of carboxylic acid groups (broad SMARTS) is 1. The van der Waals surface area contributed by atoms with Crippen molar-refractivity contribution in [2.75, 3.05) is 0 Å². The van der Waals surface area contributed by atoms with Gasteiger partial charge in [-0.2, -0.15) is 0 Å². The first-order chi connectivity index (χ1) is 11.8. The van der Waals surface area contributed by atoms with Gasteiger partial charge in [-0.3, -0.25) is 9.79 Å². The first-order valence-corrected chi connectivity index (χ1v) is 9.82. The van der Waals surface area contributed by atoms with E-state index in [4.69, 9.17) is 5.11 Å². The summed E-state index contributed by atoms with van der Waals surface area (Å²) in [4.78, 5) is 14.1. The Kier molecular flexibility index (Phi) is 18.5. The lowest BCUT2D eigenvalue weighted by Crippen LogP contribution is -1.93. The molecule has 0 aliphatic carbocycles. The molecule has 0 atom stereocenters. The van der Waals surface area contributed by atoms with Crippen molar-refractivity contribution in [3.05, 3.63) is 24.4 Å². The molecule has 0 heterocycles. The van der Waals surface area contributed by atoms with Crippen molar-refractivity contribution in [2.24, 2.45) is 4.99 Å². The highest BCUT2D eigenvalue weighted by molar-refractivity contribution is 5.84. The quantitative estimate of drug-likeness (QED) is 0.183. The van der Waals surface area contributed by atoms with Crippen molar-refractivity contribution >= 4 is 12.2 Å². The molecule has 1 N–H and O–H groups in total. The van der Waals surface area contributed by atoms with Crippen LogP contribution in [0.15, 0.2) is 29.4 Å². The van der Waals surface area contributed by atoms with Gasteiger partial charge in [0.05, 0.1) is 6.42 Å². The Hall–Kier alpha value is -1.38. The van der Waals surface area contributed by atoms with E-state index in [0.29, 0.717) is 0 Å². The molecule has 0 aliphatic heterocycles. The molecule has 0 fully saturated rings. The molecule has 0 spiro atoms. The number of aliphatic imine (C=N–C) groups is 1. The van der Waals surface area contributed by atoms with Crippen LogP contribution in [0.5, 0.6) is 0 Å². The Balaban J connectivity index is 3.22. The predicted molar refractivity (Wildman–Crippen MR) is 105 cm³/mol. The largest absolute Gasteiger partial charge is 0.481 e. The summed E-state index contributed by atoms with van der Waals surface area (Å²) in [6, 6.07) is 0. The number of nitrogens with zero attached hydrogens (tertiary/aromatic N) is 1. The van der Waals surface area contributed by atoms with Crippen molar-refractivity contribution in [3.63, 3.8) is 0 Å². The van der Waals surface area contributed by atoms with Crippen LogP contribution in [-0.4, -0.2) is 17.3 Å². The van der Waals surface area contributed by atoms with E-state index in [1.54, 1.807) is 6.20 Å². The third-order valence-corrected chi connectivity index (χ3v) is 4.01. The second-order valence-corrected chi connectivity index (χ2v) is 6.38. The maximum absolute atomic E-state index is 10.3. The summed E-state index contributed by atoms with van der Waals surface area (Å²) >= 11 is 0. The molecule has 0 aromatic carbocycles. The summed E-state index contributed by atoms with van der Waals surface area (Å²) in [7, 11) is 0. The summed E-state index contributed by atoms with van der Waals surface area (Å²) in [6.45, 7) is 2.27. The second-order valence-electron chi connectivity index (χ2n) is 6.38. The number of hydrogen-bond donors (Lipinski definition) is 1. The average molecular weight is 336 g/mol. The van der Waals surface area contributed by atoms with Gasteiger partial charge >= 0.3 is 5.97 Å². The highest BCUT2D eigenvalue weighted by Crippen LogP contribution is 2.12. The van der Waals surface area contributed by atoms with Crippen LogP contribution in [0.1, 0.15) is 96.8 Å². The summed E-state index contributed by atoms with van der Waals surface area (Å²) in [5, 5.41) is 8.43. The van der Waals surface area contributed by atoms with Gasteiger partial charge in [0.15, 0.2) is 0 Å². The van der Waals surface area contributed by atoms with Crippen LogP contribution >= 0.6 is 0 Å². The molecule has 0 bridgehead atoms. The first kappa shape index (κ1) is 22.6. The van der Waals surface area contributed by atoms with Crippen molar-refractivity contribution in [1.29, 1.82) is 0 Å². The fourth-order valence-corrected chi connectivity index (χ4v) is 2.57.